The van der Waals surface area contributed by atoms with E-state index in [1.165, 1.54) is 0 Å². The molecule has 0 saturated heterocycles. The number of aliphatic carboxylic acids is 1. The molecule has 6 rings (SSSR count). The molecule has 2 atom stereocenters. The summed E-state index contributed by atoms with van der Waals surface area (Å²) in [4.78, 5) is 86.7. The molecule has 0 spiro atoms. The Labute approximate surface area is 439 Å². The summed E-state index contributed by atoms with van der Waals surface area (Å²) in [5.41, 5.74) is 7.93. The topological polar surface area (TPSA) is 393 Å². The summed E-state index contributed by atoms with van der Waals surface area (Å²) in [6.45, 7) is 2.56. The van der Waals surface area contributed by atoms with Gasteiger partial charge in [0.2, 0.25) is 41.4 Å². The number of carbonyl (C=O) groups is 6. The molecule has 2 aromatic carbocycles. The van der Waals surface area contributed by atoms with E-state index < -0.39 is 18.1 Å². The first-order chi connectivity index (χ1) is 35.5. The third-order valence-corrected chi connectivity index (χ3v) is 9.87. The number of benzene rings is 2. The molecule has 0 unspecified atom stereocenters. The Morgan fingerprint density at radius 3 is 1.40 bits per heavy atom. The number of carboxylic acid groups (broad SMARTS) is 1. The van der Waals surface area contributed by atoms with Gasteiger partial charge in [0, 0.05) is 83.1 Å². The SMILES string of the molecule is N[C@@H](Cc1ccccc1)C(=O)NCCCCNc1ncccn1.O=C(CCCC(=O)N[C@@H](Cc1ccccc1)C(=O)NCCCCNc1ncccn1)Nc1nn[nH]n1.O=C(O)CCCC(=O)Nc1nn[nH]n1.[PH-2].[PH2-]. The van der Waals surface area contributed by atoms with Gasteiger partial charge >= 0.3 is 5.97 Å². The molecule has 6 aromatic rings. The van der Waals surface area contributed by atoms with E-state index in [0.717, 1.165) is 43.4 Å². The van der Waals surface area contributed by atoms with Gasteiger partial charge in [0.25, 0.3) is 11.9 Å². The van der Waals surface area contributed by atoms with Crippen LogP contribution in [0.1, 0.15) is 75.3 Å². The van der Waals surface area contributed by atoms with Crippen LogP contribution in [0.4, 0.5) is 23.8 Å². The highest BCUT2D eigenvalue weighted by atomic mass is 31.0. The number of nitrogens with two attached hydrogens (primary N) is 1. The number of carboxylic acids is 1. The predicted octanol–water partition coefficient (Wildman–Crippen LogP) is 2.50. The van der Waals surface area contributed by atoms with Gasteiger partial charge < -0.3 is 57.2 Å². The van der Waals surface area contributed by atoms with Crippen molar-refractivity contribution >= 4 is 79.1 Å². The number of unbranched alkanes of at least 4 members (excludes halogenated alkanes) is 2. The lowest BCUT2D eigenvalue weighted by Crippen LogP contribution is -2.48. The van der Waals surface area contributed by atoms with Gasteiger partial charge in [-0.05, 0) is 78.6 Å². The molecule has 0 saturated carbocycles. The number of hydrogen-bond acceptors (Lipinski definition) is 19. The van der Waals surface area contributed by atoms with Crippen molar-refractivity contribution in [2.24, 2.45) is 5.73 Å². The van der Waals surface area contributed by atoms with Crippen LogP contribution in [-0.2, 0) is 41.6 Å². The maximum atomic E-state index is 12.8. The monoisotopic (exact) mass is 1070 g/mol. The summed E-state index contributed by atoms with van der Waals surface area (Å²) in [6.07, 6.45) is 11.9. The summed E-state index contributed by atoms with van der Waals surface area (Å²) in [7, 11) is 0. The zero-order valence-electron chi connectivity index (χ0n) is 41.2. The van der Waals surface area contributed by atoms with Crippen LogP contribution >= 0.6 is 19.8 Å². The summed E-state index contributed by atoms with van der Waals surface area (Å²) in [5.74, 6) is -0.861. The molecule has 404 valence electrons. The molecule has 75 heavy (non-hydrogen) atoms. The minimum atomic E-state index is -0.919. The zero-order chi connectivity index (χ0) is 52.1. The quantitative estimate of drug-likeness (QED) is 0.0237. The molecule has 0 aliphatic rings. The van der Waals surface area contributed by atoms with Gasteiger partial charge in [0.05, 0.1) is 6.04 Å². The molecule has 4 aromatic heterocycles. The standard InChI is InChI=1S/C23H30N10O3.C17H23N5O.C6H9N5O3.H2P.HP/c34-19(10-6-11-20(35)29-23-30-32-33-31-23)28-18(16-17-8-2-1-3-9-17)21(36)24-12-4-5-13-25-22-26-14-7-15-27-22;18-15(13-14-7-2-1-3-8-14)16(23)19-9-4-5-10-20-17-21-11-6-12-22-17;12-4(2-1-3-5(13)14)7-6-8-10-11-9-6;;/h1-3,7-9,14-15,18H,4-6,10-13,16H2,(H,24,36)(H,28,34)(H,25,26,27)(H2,29,30,31,32,33,35);1-3,6-8,11-12,15H,4-5,9-10,13,18H2,(H,19,23)(H,20,21,22);1-3H2,(H,13,14)(H2,7,8,9,10,11,12);1H2;1H/q;;;-1;-2/t18-;15-;;;/m00.../s1. The van der Waals surface area contributed by atoms with Crippen molar-refractivity contribution in [3.8, 4) is 0 Å². The fourth-order valence-corrected chi connectivity index (χ4v) is 6.26. The van der Waals surface area contributed by atoms with Gasteiger partial charge in [-0.1, -0.05) is 70.9 Å². The van der Waals surface area contributed by atoms with E-state index in [9.17, 15) is 28.8 Å². The van der Waals surface area contributed by atoms with Crippen LogP contribution in [-0.4, -0.2) is 140 Å². The highest BCUT2D eigenvalue weighted by Gasteiger charge is 2.21. The molecule has 12 N–H and O–H groups in total. The van der Waals surface area contributed by atoms with Crippen molar-refractivity contribution < 1.29 is 33.9 Å². The Morgan fingerprint density at radius 1 is 0.520 bits per heavy atom. The van der Waals surface area contributed by atoms with Gasteiger partial charge in [-0.15, -0.1) is 10.2 Å². The number of rotatable bonds is 29. The lowest BCUT2D eigenvalue weighted by molar-refractivity contribution is -0.137. The van der Waals surface area contributed by atoms with Crippen molar-refractivity contribution in [1.29, 1.82) is 0 Å². The molecule has 0 radical (unpaired) electrons. The Balaban J connectivity index is 0.000000422. The van der Waals surface area contributed by atoms with E-state index in [0.29, 0.717) is 57.2 Å². The number of anilines is 4. The summed E-state index contributed by atoms with van der Waals surface area (Å²) >= 11 is 0. The van der Waals surface area contributed by atoms with Gasteiger partial charge in [-0.25, -0.2) is 19.9 Å². The Bertz CT molecular complexity index is 2470. The fourth-order valence-electron chi connectivity index (χ4n) is 6.26. The van der Waals surface area contributed by atoms with Crippen LogP contribution in [0.15, 0.2) is 97.6 Å². The number of tetrazole rings is 2. The van der Waals surface area contributed by atoms with Crippen molar-refractivity contribution in [2.45, 2.75) is 89.1 Å². The van der Waals surface area contributed by atoms with Crippen molar-refractivity contribution in [2.75, 3.05) is 47.4 Å². The lowest BCUT2D eigenvalue weighted by atomic mass is 10.0. The number of aromatic amines is 2. The molecular weight excluding hydrogens is 1010 g/mol. The second-order valence-corrected chi connectivity index (χ2v) is 15.8. The number of nitrogens with zero attached hydrogens (tertiary/aromatic N) is 10. The number of amides is 5. The fraction of sp³-hybridized carbons (Fsp3) is 0.391. The molecule has 29 heteroatoms. The molecule has 0 aliphatic carbocycles. The lowest BCUT2D eigenvalue weighted by Gasteiger charge is -2.19. The largest absolute Gasteiger partial charge is 1.51 e. The number of hydrogen-bond donors (Lipinski definition) is 11. The average molecular weight is 1070 g/mol. The van der Waals surface area contributed by atoms with Gasteiger partial charge in [-0.3, -0.25) is 39.4 Å². The molecule has 0 aliphatic heterocycles. The summed E-state index contributed by atoms with van der Waals surface area (Å²) in [5, 5.41) is 53.3. The van der Waals surface area contributed by atoms with E-state index in [2.05, 4.69) is 98.4 Å². The maximum absolute atomic E-state index is 12.8. The van der Waals surface area contributed by atoms with Crippen LogP contribution in [0, 0.1) is 0 Å². The average Bonchev–Trinajstić information content (AvgIpc) is 4.12. The van der Waals surface area contributed by atoms with E-state index in [1.807, 2.05) is 60.7 Å². The van der Waals surface area contributed by atoms with Crippen LogP contribution < -0.4 is 43.0 Å². The van der Waals surface area contributed by atoms with Gasteiger partial charge in [0.1, 0.15) is 6.04 Å². The van der Waals surface area contributed by atoms with Crippen molar-refractivity contribution in [3.63, 3.8) is 0 Å². The van der Waals surface area contributed by atoms with Crippen LogP contribution in [0.5, 0.6) is 0 Å². The van der Waals surface area contributed by atoms with Crippen LogP contribution in [0.25, 0.3) is 0 Å². The first-order valence-electron chi connectivity index (χ1n) is 23.5. The third-order valence-electron chi connectivity index (χ3n) is 9.87. The second-order valence-electron chi connectivity index (χ2n) is 15.8. The third kappa shape index (κ3) is 29.3. The molecule has 4 heterocycles. The van der Waals surface area contributed by atoms with Crippen LogP contribution in [0.2, 0.25) is 0 Å². The Kier molecular flexibility index (Phi) is 32.5. The normalized spacial score (nSPS) is 10.8. The smallest absolute Gasteiger partial charge is 0.303 e. The molecule has 5 amide bonds. The first-order valence-corrected chi connectivity index (χ1v) is 23.5. The first kappa shape index (κ1) is 63.1. The highest BCUT2D eigenvalue weighted by molar-refractivity contribution is 6.92. The molecule has 0 fully saturated rings. The van der Waals surface area contributed by atoms with Crippen molar-refractivity contribution in [1.82, 2.24) is 77.1 Å². The maximum Gasteiger partial charge on any atom is 0.303 e. The second kappa shape index (κ2) is 38.6. The molecule has 27 nitrogen and oxygen atoms in total. The van der Waals surface area contributed by atoms with E-state index in [1.54, 1.807) is 36.9 Å². The van der Waals surface area contributed by atoms with E-state index in [4.69, 9.17) is 10.8 Å². The summed E-state index contributed by atoms with van der Waals surface area (Å²) < 4.78 is 0. The zero-order valence-corrected chi connectivity index (χ0v) is 43.4. The number of H-pyrrole nitrogens is 2. The number of carbonyl (C=O) groups excluding carboxylic acids is 5. The Hall–Kier alpha value is -8.02. The van der Waals surface area contributed by atoms with Crippen LogP contribution in [0.3, 0.4) is 0 Å². The van der Waals surface area contributed by atoms with E-state index in [-0.39, 0.29) is 86.9 Å². The number of aromatic nitrogens is 12. The highest BCUT2D eigenvalue weighted by Crippen LogP contribution is 2.07. The molecule has 0 bridgehead atoms. The van der Waals surface area contributed by atoms with Gasteiger partial charge in [-0.2, -0.15) is 10.4 Å². The van der Waals surface area contributed by atoms with E-state index >= 15 is 0 Å². The minimum Gasteiger partial charge on any atom is -1.51 e. The molecular formula is C46H65N20O7P2-3. The minimum absolute atomic E-state index is 0. The predicted molar refractivity (Wildman–Crippen MR) is 285 cm³/mol. The van der Waals surface area contributed by atoms with Crippen molar-refractivity contribution in [3.05, 3.63) is 109 Å². The number of nitrogens with one attached hydrogen (secondary N) is 9. The van der Waals surface area contributed by atoms with Gasteiger partial charge in [0.15, 0.2) is 0 Å². The summed E-state index contributed by atoms with van der Waals surface area (Å²) in [6, 6.07) is 21.6. The Morgan fingerprint density at radius 2 is 0.947 bits per heavy atom.